The van der Waals surface area contributed by atoms with Crippen molar-refractivity contribution >= 4 is 40.0 Å². The molecule has 48 valence electrons. The molecule has 0 aromatic carbocycles. The molecule has 0 bridgehead atoms. The number of rotatable bonds is 2. The van der Waals surface area contributed by atoms with Crippen molar-refractivity contribution in [2.45, 2.75) is 26.7 Å². The van der Waals surface area contributed by atoms with E-state index in [1.807, 2.05) is 0 Å². The van der Waals surface area contributed by atoms with Crippen LogP contribution < -0.4 is 0 Å². The van der Waals surface area contributed by atoms with Gasteiger partial charge in [-0.1, -0.05) is 13.3 Å². The molecule has 0 amide bonds. The van der Waals surface area contributed by atoms with E-state index in [1.54, 1.807) is 0 Å². The largest absolute Gasteiger partial charge is 2.00 e. The summed E-state index contributed by atoms with van der Waals surface area (Å²) in [5.74, 6) is 0. The molecule has 0 nitrogen and oxygen atoms in total. The van der Waals surface area contributed by atoms with Gasteiger partial charge >= 0.3 is 23.1 Å². The number of halogens is 1. The van der Waals surface area contributed by atoms with Crippen LogP contribution in [-0.2, 0) is 0 Å². The van der Waals surface area contributed by atoms with Crippen LogP contribution in [0.25, 0.3) is 0 Å². The monoisotopic (exact) mass is 190 g/mol. The Labute approximate surface area is 80.4 Å². The van der Waals surface area contributed by atoms with Gasteiger partial charge in [-0.25, -0.2) is 0 Å². The van der Waals surface area contributed by atoms with Crippen molar-refractivity contribution in [3.8, 4) is 0 Å². The minimum Gasteiger partial charge on any atom is -0.358 e. The zero-order valence-electron chi connectivity index (χ0n) is 6.11. The summed E-state index contributed by atoms with van der Waals surface area (Å²) in [6.45, 7) is 4.27. The van der Waals surface area contributed by atoms with Crippen LogP contribution in [0.1, 0.15) is 26.7 Å². The molecule has 0 rings (SSSR count). The van der Waals surface area contributed by atoms with Gasteiger partial charge in [0.2, 0.25) is 0 Å². The molecule has 0 aliphatic heterocycles. The van der Waals surface area contributed by atoms with Gasteiger partial charge in [0.25, 0.3) is 0 Å². The first-order chi connectivity index (χ1) is 2.41. The van der Waals surface area contributed by atoms with Crippen molar-refractivity contribution in [2.75, 3.05) is 0 Å². The van der Waals surface area contributed by atoms with Crippen molar-refractivity contribution in [3.05, 3.63) is 13.8 Å². The van der Waals surface area contributed by atoms with E-state index in [-0.39, 0.29) is 47.5 Å². The Balaban J connectivity index is -0.0000000267. The fraction of sp³-hybridized carbons (Fsp3) is 0.667. The smallest absolute Gasteiger partial charge is 0.358 e. The third-order valence-corrected chi connectivity index (χ3v) is 0.577. The Morgan fingerprint density at radius 2 is 1.75 bits per heavy atom. The third-order valence-electron chi connectivity index (χ3n) is 0.577. The predicted octanol–water partition coefficient (Wildman–Crippen LogP) is 2.66. The third kappa shape index (κ3) is 26.8. The maximum Gasteiger partial charge on any atom is 2.00 e. The summed E-state index contributed by atoms with van der Waals surface area (Å²) in [7, 11) is 0. The minimum atomic E-state index is 0. The van der Waals surface area contributed by atoms with Crippen molar-refractivity contribution in [2.24, 2.45) is 0 Å². The molecule has 8 heavy (non-hydrogen) atoms. The zero-order chi connectivity index (χ0) is 4.12. The van der Waals surface area contributed by atoms with Gasteiger partial charge in [-0.15, -0.1) is 17.0 Å². The van der Waals surface area contributed by atoms with E-state index in [2.05, 4.69) is 20.3 Å². The van der Waals surface area contributed by atoms with Crippen LogP contribution in [0.15, 0.2) is 0 Å². The fourth-order valence-electron chi connectivity index (χ4n) is 0.289. The van der Waals surface area contributed by atoms with Crippen molar-refractivity contribution in [1.29, 1.82) is 0 Å². The first-order valence-electron chi connectivity index (χ1n) is 2.19. The SMILES string of the molecule is Br.C[CH-]CCC.[CH3-].[Mg+2]. The topological polar surface area (TPSA) is 0 Å². The average Bonchev–Trinajstić information content (AvgIpc) is 1.41. The van der Waals surface area contributed by atoms with Gasteiger partial charge in [0.15, 0.2) is 0 Å². The summed E-state index contributed by atoms with van der Waals surface area (Å²) in [4.78, 5) is 0. The van der Waals surface area contributed by atoms with E-state index in [0.717, 1.165) is 0 Å². The second-order valence-corrected chi connectivity index (χ2v) is 1.20. The molecule has 0 heterocycles. The van der Waals surface area contributed by atoms with Crippen LogP contribution in [-0.4, -0.2) is 23.1 Å². The number of unbranched alkanes of at least 4 members (excludes halogenated alkanes) is 2. The summed E-state index contributed by atoms with van der Waals surface area (Å²) >= 11 is 0. The zero-order valence-corrected chi connectivity index (χ0v) is 9.23. The molecule has 0 unspecified atom stereocenters. The Bertz CT molecular complexity index is 16.0. The van der Waals surface area contributed by atoms with Gasteiger partial charge in [0, 0.05) is 0 Å². The molecule has 0 fully saturated rings. The van der Waals surface area contributed by atoms with Crippen LogP contribution >= 0.6 is 17.0 Å². The van der Waals surface area contributed by atoms with Gasteiger partial charge < -0.3 is 13.8 Å². The molecule has 2 heteroatoms. The van der Waals surface area contributed by atoms with Crippen LogP contribution in [0.5, 0.6) is 0 Å². The molecule has 0 aromatic heterocycles. The summed E-state index contributed by atoms with van der Waals surface area (Å²) < 4.78 is 0. The molecular formula is C6H15BrMg. The summed E-state index contributed by atoms with van der Waals surface area (Å²) in [5.41, 5.74) is 0. The number of hydrogen-bond donors (Lipinski definition) is 0. The second-order valence-electron chi connectivity index (χ2n) is 1.20. The van der Waals surface area contributed by atoms with E-state index in [1.165, 1.54) is 12.8 Å². The molecule has 0 saturated carbocycles. The van der Waals surface area contributed by atoms with Crippen LogP contribution in [0.4, 0.5) is 0 Å². The first-order valence-corrected chi connectivity index (χ1v) is 2.19. The Morgan fingerprint density at radius 1 is 1.38 bits per heavy atom. The van der Waals surface area contributed by atoms with Crippen molar-refractivity contribution in [1.82, 2.24) is 0 Å². The summed E-state index contributed by atoms with van der Waals surface area (Å²) in [6.07, 6.45) is 4.73. The standard InChI is InChI=1S/C5H11.CH3.BrH.Mg/c1-3-5-4-2;;;/h3H,4-5H2,1-2H3;1H3;1H;/q2*-1;;+2. The normalized spacial score (nSPS) is 5.25. The Kier molecular flexibility index (Phi) is 68.6. The van der Waals surface area contributed by atoms with Crippen molar-refractivity contribution in [3.63, 3.8) is 0 Å². The molecule has 0 saturated heterocycles. The molecule has 0 atom stereocenters. The Morgan fingerprint density at radius 3 is 1.75 bits per heavy atom. The molecule has 0 aliphatic carbocycles. The van der Waals surface area contributed by atoms with E-state index < -0.39 is 0 Å². The maximum atomic E-state index is 2.18. The molecule has 0 aliphatic rings. The number of hydrogen-bond acceptors (Lipinski definition) is 0. The Hall–Kier alpha value is 1.25. The van der Waals surface area contributed by atoms with E-state index in [9.17, 15) is 0 Å². The predicted molar refractivity (Wildman–Crippen MR) is 47.4 cm³/mol. The molecule has 0 aromatic rings. The second kappa shape index (κ2) is 24.0. The average molecular weight is 191 g/mol. The minimum absolute atomic E-state index is 0. The van der Waals surface area contributed by atoms with Gasteiger partial charge in [-0.05, 0) is 0 Å². The van der Waals surface area contributed by atoms with E-state index in [4.69, 9.17) is 0 Å². The van der Waals surface area contributed by atoms with Crippen LogP contribution in [0.2, 0.25) is 0 Å². The van der Waals surface area contributed by atoms with Gasteiger partial charge in [0.1, 0.15) is 0 Å². The molecule has 0 N–H and O–H groups in total. The van der Waals surface area contributed by atoms with Gasteiger partial charge in [0.05, 0.1) is 0 Å². The molecular weight excluding hydrogens is 176 g/mol. The molecule has 0 radical (unpaired) electrons. The van der Waals surface area contributed by atoms with E-state index in [0.29, 0.717) is 0 Å². The van der Waals surface area contributed by atoms with Crippen molar-refractivity contribution < 1.29 is 0 Å². The van der Waals surface area contributed by atoms with Crippen LogP contribution in [0, 0.1) is 13.8 Å². The maximum absolute atomic E-state index is 2.18. The van der Waals surface area contributed by atoms with Gasteiger partial charge in [-0.2, -0.15) is 13.3 Å². The van der Waals surface area contributed by atoms with Crippen LogP contribution in [0.3, 0.4) is 0 Å². The first kappa shape index (κ1) is 22.8. The summed E-state index contributed by atoms with van der Waals surface area (Å²) in [5, 5.41) is 0. The van der Waals surface area contributed by atoms with E-state index >= 15 is 0 Å². The fourth-order valence-corrected chi connectivity index (χ4v) is 0.289. The summed E-state index contributed by atoms with van der Waals surface area (Å²) in [6, 6.07) is 0. The molecule has 0 spiro atoms. The quantitative estimate of drug-likeness (QED) is 0.465. The van der Waals surface area contributed by atoms with Gasteiger partial charge in [-0.3, -0.25) is 0 Å².